The summed E-state index contributed by atoms with van der Waals surface area (Å²) >= 11 is 0. The molecule has 3 atom stereocenters. The van der Waals surface area contributed by atoms with E-state index in [0.29, 0.717) is 17.7 Å². The highest BCUT2D eigenvalue weighted by Gasteiger charge is 2.38. The zero-order valence-electron chi connectivity index (χ0n) is 17.7. The Kier molecular flexibility index (Phi) is 6.81. The molecule has 0 aliphatic carbocycles. The summed E-state index contributed by atoms with van der Waals surface area (Å²) in [5, 5.41) is 9.66. The van der Waals surface area contributed by atoms with Crippen molar-refractivity contribution in [1.82, 2.24) is 9.21 Å². The first-order valence-electron chi connectivity index (χ1n) is 9.98. The van der Waals surface area contributed by atoms with Crippen LogP contribution in [0.3, 0.4) is 0 Å². The van der Waals surface area contributed by atoms with Gasteiger partial charge in [0.05, 0.1) is 6.61 Å². The Morgan fingerprint density at radius 1 is 1.27 bits per heavy atom. The fraction of sp³-hybridized carbons (Fsp3) is 0.455. The number of nitrogens with zero attached hydrogens (tertiary/aromatic N) is 2. The first-order valence-corrected chi connectivity index (χ1v) is 11.4. The number of rotatable bonds is 5. The molecule has 0 saturated carbocycles. The lowest BCUT2D eigenvalue weighted by Gasteiger charge is -2.37. The van der Waals surface area contributed by atoms with Crippen LogP contribution in [0.4, 0.5) is 4.39 Å². The summed E-state index contributed by atoms with van der Waals surface area (Å²) < 4.78 is 48.7. The molecule has 1 N–H and O–H groups in total. The van der Waals surface area contributed by atoms with E-state index in [1.807, 2.05) is 25.9 Å². The zero-order valence-corrected chi connectivity index (χ0v) is 18.6. The fourth-order valence-electron chi connectivity index (χ4n) is 3.67. The molecule has 0 fully saturated rings. The molecule has 0 amide bonds. The van der Waals surface area contributed by atoms with E-state index in [1.165, 1.54) is 16.4 Å². The van der Waals surface area contributed by atoms with Gasteiger partial charge in [-0.2, -0.15) is 4.31 Å². The van der Waals surface area contributed by atoms with Gasteiger partial charge in [0, 0.05) is 30.6 Å². The number of ether oxygens (including phenoxy) is 1. The summed E-state index contributed by atoms with van der Waals surface area (Å²) in [7, 11) is -0.0529. The number of hydrogen-bond acceptors (Lipinski definition) is 5. The number of likely N-dealkylation sites (N-methyl/N-ethyl adjacent to an activating group) is 1. The molecular formula is C22H29FN2O4S. The van der Waals surface area contributed by atoms with Gasteiger partial charge >= 0.3 is 0 Å². The lowest BCUT2D eigenvalue weighted by Crippen LogP contribution is -2.49. The molecular weight excluding hydrogens is 407 g/mol. The maximum Gasteiger partial charge on any atom is 0.247 e. The first-order chi connectivity index (χ1) is 14.1. The van der Waals surface area contributed by atoms with Gasteiger partial charge in [-0.25, -0.2) is 12.8 Å². The molecule has 2 aromatic rings. The summed E-state index contributed by atoms with van der Waals surface area (Å²) in [6.45, 7) is 4.16. The smallest absolute Gasteiger partial charge is 0.247 e. The van der Waals surface area contributed by atoms with Crippen LogP contribution in [-0.2, 0) is 10.0 Å². The molecule has 3 rings (SSSR count). The summed E-state index contributed by atoms with van der Waals surface area (Å²) in [5.74, 6) is -0.314. The van der Waals surface area contributed by atoms with Crippen molar-refractivity contribution >= 4 is 10.0 Å². The van der Waals surface area contributed by atoms with E-state index in [4.69, 9.17) is 4.74 Å². The molecule has 8 heteroatoms. The monoisotopic (exact) mass is 436 g/mol. The Labute approximate surface area is 177 Å². The normalized spacial score (nSPS) is 22.6. The number of aliphatic hydroxyl groups is 1. The van der Waals surface area contributed by atoms with Gasteiger partial charge in [-0.05, 0) is 44.8 Å². The minimum atomic E-state index is -3.91. The van der Waals surface area contributed by atoms with Crippen molar-refractivity contribution in [2.24, 2.45) is 5.92 Å². The van der Waals surface area contributed by atoms with Crippen molar-refractivity contribution in [3.63, 3.8) is 0 Å². The van der Waals surface area contributed by atoms with Crippen LogP contribution in [0.5, 0.6) is 5.75 Å². The molecule has 0 saturated heterocycles. The summed E-state index contributed by atoms with van der Waals surface area (Å²) in [6, 6.07) is 10.4. The second-order valence-electron chi connectivity index (χ2n) is 8.14. The van der Waals surface area contributed by atoms with Gasteiger partial charge in [-0.3, -0.25) is 0 Å². The van der Waals surface area contributed by atoms with Gasteiger partial charge in [-0.1, -0.05) is 31.2 Å². The van der Waals surface area contributed by atoms with Crippen molar-refractivity contribution in [3.8, 4) is 16.9 Å². The molecule has 1 aliphatic heterocycles. The largest absolute Gasteiger partial charge is 0.487 e. The van der Waals surface area contributed by atoms with Gasteiger partial charge in [0.1, 0.15) is 22.6 Å². The lowest BCUT2D eigenvalue weighted by molar-refractivity contribution is 0.0813. The second-order valence-corrected chi connectivity index (χ2v) is 10.0. The Morgan fingerprint density at radius 2 is 1.97 bits per heavy atom. The number of fused-ring (bicyclic) bond motifs is 1. The number of hydrogen-bond donors (Lipinski definition) is 1. The zero-order chi connectivity index (χ0) is 22.1. The molecule has 0 radical (unpaired) electrons. The van der Waals surface area contributed by atoms with Crippen molar-refractivity contribution in [2.75, 3.05) is 33.8 Å². The van der Waals surface area contributed by atoms with Crippen LogP contribution in [0.2, 0.25) is 0 Å². The van der Waals surface area contributed by atoms with E-state index >= 15 is 0 Å². The molecule has 164 valence electrons. The Morgan fingerprint density at radius 3 is 2.60 bits per heavy atom. The van der Waals surface area contributed by atoms with Crippen LogP contribution < -0.4 is 4.74 Å². The Bertz CT molecular complexity index is 996. The summed E-state index contributed by atoms with van der Waals surface area (Å²) in [6.07, 6.45) is -0.279. The van der Waals surface area contributed by atoms with Crippen LogP contribution in [0.25, 0.3) is 11.1 Å². The van der Waals surface area contributed by atoms with Gasteiger partial charge < -0.3 is 14.7 Å². The predicted octanol–water partition coefficient (Wildman–Crippen LogP) is 2.82. The first kappa shape index (κ1) is 22.7. The van der Waals surface area contributed by atoms with Crippen LogP contribution in [-0.4, -0.2) is 68.7 Å². The van der Waals surface area contributed by atoms with Crippen LogP contribution >= 0.6 is 0 Å². The van der Waals surface area contributed by atoms with Crippen molar-refractivity contribution < 1.29 is 22.7 Å². The van der Waals surface area contributed by atoms with E-state index in [2.05, 4.69) is 0 Å². The molecule has 0 bridgehead atoms. The average Bonchev–Trinajstić information content (AvgIpc) is 2.69. The van der Waals surface area contributed by atoms with E-state index in [0.717, 1.165) is 0 Å². The highest BCUT2D eigenvalue weighted by molar-refractivity contribution is 7.89. The topological polar surface area (TPSA) is 70.1 Å². The Hall–Kier alpha value is -2.00. The number of aliphatic hydroxyl groups excluding tert-OH is 1. The minimum Gasteiger partial charge on any atom is -0.487 e. The lowest BCUT2D eigenvalue weighted by atomic mass is 10.0. The van der Waals surface area contributed by atoms with E-state index in [9.17, 15) is 17.9 Å². The number of benzene rings is 2. The quantitative estimate of drug-likeness (QED) is 0.781. The third kappa shape index (κ3) is 4.51. The van der Waals surface area contributed by atoms with Gasteiger partial charge in [-0.15, -0.1) is 0 Å². The third-order valence-corrected chi connectivity index (χ3v) is 7.42. The second kappa shape index (κ2) is 9.01. The standard InChI is InChI=1S/C22H29FN2O4S/c1-15-12-25(16(2)14-26)30(27,28)22-10-9-17(18-7-5-6-8-19(18)23)11-20(22)29-21(15)13-24(3)4/h5-11,15-16,21,26H,12-14H2,1-4H3/t15-,16-,21+/m1/s1. The minimum absolute atomic E-state index is 0.0264. The molecule has 1 aliphatic rings. The Balaban J connectivity index is 2.17. The average molecular weight is 437 g/mol. The SMILES string of the molecule is C[C@@H]1CN([C@H](C)CO)S(=O)(=O)c2ccc(-c3ccccc3F)cc2O[C@H]1CN(C)C. The van der Waals surface area contributed by atoms with E-state index in [1.54, 1.807) is 37.3 Å². The van der Waals surface area contributed by atoms with E-state index < -0.39 is 16.1 Å². The summed E-state index contributed by atoms with van der Waals surface area (Å²) in [5.41, 5.74) is 0.918. The van der Waals surface area contributed by atoms with Crippen molar-refractivity contribution in [1.29, 1.82) is 0 Å². The van der Waals surface area contributed by atoms with Crippen molar-refractivity contribution in [2.45, 2.75) is 30.9 Å². The number of sulfonamides is 1. The summed E-state index contributed by atoms with van der Waals surface area (Å²) in [4.78, 5) is 2.01. The third-order valence-electron chi connectivity index (χ3n) is 5.40. The van der Waals surface area contributed by atoms with Gasteiger partial charge in [0.15, 0.2) is 0 Å². The van der Waals surface area contributed by atoms with Crippen molar-refractivity contribution in [3.05, 3.63) is 48.3 Å². The highest BCUT2D eigenvalue weighted by Crippen LogP contribution is 2.37. The molecule has 0 aromatic heterocycles. The van der Waals surface area contributed by atoms with Crippen LogP contribution in [0.1, 0.15) is 13.8 Å². The molecule has 30 heavy (non-hydrogen) atoms. The van der Waals surface area contributed by atoms with Gasteiger partial charge in [0.25, 0.3) is 0 Å². The van der Waals surface area contributed by atoms with E-state index in [-0.39, 0.29) is 41.6 Å². The maximum absolute atomic E-state index is 14.3. The predicted molar refractivity (Wildman–Crippen MR) is 114 cm³/mol. The van der Waals surface area contributed by atoms with Crippen LogP contribution in [0.15, 0.2) is 47.4 Å². The number of halogens is 1. The molecule has 0 spiro atoms. The molecule has 6 nitrogen and oxygen atoms in total. The fourth-order valence-corrected chi connectivity index (χ4v) is 5.49. The maximum atomic E-state index is 14.3. The highest BCUT2D eigenvalue weighted by atomic mass is 32.2. The molecule has 1 heterocycles. The van der Waals surface area contributed by atoms with Crippen LogP contribution in [0, 0.1) is 11.7 Å². The molecule has 2 aromatic carbocycles. The van der Waals surface area contributed by atoms with Gasteiger partial charge in [0.2, 0.25) is 10.0 Å². The molecule has 0 unspecified atom stereocenters.